The van der Waals surface area contributed by atoms with Gasteiger partial charge in [0.1, 0.15) is 13.2 Å². The van der Waals surface area contributed by atoms with Crippen molar-refractivity contribution >= 4 is 17.9 Å². The molecule has 1 atom stereocenters. The molecule has 0 heterocycles. The average molecular weight is 984 g/mol. The van der Waals surface area contributed by atoms with Crippen molar-refractivity contribution in [2.45, 2.75) is 258 Å². The lowest BCUT2D eigenvalue weighted by Gasteiger charge is -2.18. The Kier molecular flexibility index (Phi) is 54.9. The Bertz CT molecular complexity index is 1500. The van der Waals surface area contributed by atoms with Gasteiger partial charge in [0.2, 0.25) is 0 Å². The van der Waals surface area contributed by atoms with Crippen LogP contribution in [-0.2, 0) is 28.6 Å². The summed E-state index contributed by atoms with van der Waals surface area (Å²) >= 11 is 0. The minimum absolute atomic E-state index is 0.118. The van der Waals surface area contributed by atoms with E-state index >= 15 is 0 Å². The fraction of sp³-hybridized carbons (Fsp3) is 0.646. The molecule has 0 saturated heterocycles. The minimum Gasteiger partial charge on any atom is -0.462 e. The van der Waals surface area contributed by atoms with E-state index in [-0.39, 0.29) is 31.6 Å². The van der Waals surface area contributed by atoms with Gasteiger partial charge < -0.3 is 14.2 Å². The lowest BCUT2D eigenvalue weighted by atomic mass is 10.1. The van der Waals surface area contributed by atoms with E-state index in [0.717, 1.165) is 109 Å². The maximum Gasteiger partial charge on any atom is 0.306 e. The second-order valence-electron chi connectivity index (χ2n) is 18.8. The molecule has 0 aromatic rings. The van der Waals surface area contributed by atoms with E-state index in [1.54, 1.807) is 0 Å². The predicted molar refractivity (Wildman–Crippen MR) is 306 cm³/mol. The Morgan fingerprint density at radius 2 is 0.592 bits per heavy atom. The molecule has 0 spiro atoms. The zero-order valence-corrected chi connectivity index (χ0v) is 45.9. The number of carbonyl (C=O) groups is 3. The standard InChI is InChI=1S/C65H106O6/c1-4-7-10-13-16-19-22-24-26-28-30-31-32-33-35-36-38-40-43-46-49-52-55-58-64(67)70-61-62(60-69-63(66)57-54-51-48-45-42-21-18-15-12-9-6-3)71-65(68)59-56-53-50-47-44-41-39-37-34-29-27-25-23-20-17-14-11-8-5-2/h8,11,15,17-18,20,22,24-25,27-28,30,32-34,37,41,44,50,53,62H,4-7,9-10,12-14,16,19,21,23,26,29,31,35-36,38-40,42-43,45-49,51-52,54-61H2,1-3H3/b11-8-,18-15-,20-17-,24-22-,27-25-,30-28-,33-32-,37-34-,44-41-,53-50-. The Labute approximate surface area is 437 Å². The molecule has 1 unspecified atom stereocenters. The topological polar surface area (TPSA) is 78.9 Å². The molecule has 71 heavy (non-hydrogen) atoms. The molecular weight excluding hydrogens is 877 g/mol. The first kappa shape index (κ1) is 66.8. The Balaban J connectivity index is 4.45. The van der Waals surface area contributed by atoms with Crippen molar-refractivity contribution in [1.82, 2.24) is 0 Å². The summed E-state index contributed by atoms with van der Waals surface area (Å²) in [5.74, 6) is -1.02. The van der Waals surface area contributed by atoms with Crippen LogP contribution in [0.1, 0.15) is 252 Å². The van der Waals surface area contributed by atoms with Gasteiger partial charge in [-0.1, -0.05) is 239 Å². The molecule has 0 aliphatic carbocycles. The number of hydrogen-bond donors (Lipinski definition) is 0. The van der Waals surface area contributed by atoms with Gasteiger partial charge in [-0.25, -0.2) is 0 Å². The molecule has 0 aliphatic rings. The molecule has 0 N–H and O–H groups in total. The highest BCUT2D eigenvalue weighted by Gasteiger charge is 2.19. The van der Waals surface area contributed by atoms with E-state index in [1.807, 2.05) is 12.2 Å². The van der Waals surface area contributed by atoms with Crippen molar-refractivity contribution in [3.63, 3.8) is 0 Å². The largest absolute Gasteiger partial charge is 0.462 e. The van der Waals surface area contributed by atoms with Gasteiger partial charge in [0.25, 0.3) is 0 Å². The third kappa shape index (κ3) is 56.6. The van der Waals surface area contributed by atoms with Crippen molar-refractivity contribution in [3.05, 3.63) is 122 Å². The molecule has 0 aromatic heterocycles. The quantitative estimate of drug-likeness (QED) is 0.0261. The van der Waals surface area contributed by atoms with E-state index in [1.165, 1.54) is 96.3 Å². The summed E-state index contributed by atoms with van der Waals surface area (Å²) in [6.45, 7) is 6.39. The minimum atomic E-state index is -0.828. The number of hydrogen-bond acceptors (Lipinski definition) is 6. The summed E-state index contributed by atoms with van der Waals surface area (Å²) in [7, 11) is 0. The number of ether oxygens (including phenoxy) is 3. The van der Waals surface area contributed by atoms with E-state index in [4.69, 9.17) is 14.2 Å². The molecule has 0 bridgehead atoms. The van der Waals surface area contributed by atoms with Gasteiger partial charge in [0.15, 0.2) is 6.10 Å². The van der Waals surface area contributed by atoms with Crippen molar-refractivity contribution < 1.29 is 28.6 Å². The van der Waals surface area contributed by atoms with Crippen LogP contribution in [0.3, 0.4) is 0 Å². The predicted octanol–water partition coefficient (Wildman–Crippen LogP) is 19.6. The van der Waals surface area contributed by atoms with Gasteiger partial charge >= 0.3 is 17.9 Å². The van der Waals surface area contributed by atoms with E-state index < -0.39 is 12.1 Å². The zero-order valence-electron chi connectivity index (χ0n) is 45.9. The second kappa shape index (κ2) is 58.4. The van der Waals surface area contributed by atoms with Gasteiger partial charge in [-0.3, -0.25) is 14.4 Å². The first-order valence-electron chi connectivity index (χ1n) is 29.0. The molecule has 0 radical (unpaired) electrons. The monoisotopic (exact) mass is 983 g/mol. The molecule has 0 amide bonds. The lowest BCUT2D eigenvalue weighted by Crippen LogP contribution is -2.30. The van der Waals surface area contributed by atoms with Crippen LogP contribution in [0.4, 0.5) is 0 Å². The van der Waals surface area contributed by atoms with Gasteiger partial charge in [-0.2, -0.15) is 0 Å². The summed E-state index contributed by atoms with van der Waals surface area (Å²) in [6, 6.07) is 0. The van der Waals surface area contributed by atoms with Crippen LogP contribution in [0.5, 0.6) is 0 Å². The van der Waals surface area contributed by atoms with Crippen molar-refractivity contribution in [1.29, 1.82) is 0 Å². The third-order valence-electron chi connectivity index (χ3n) is 11.9. The first-order chi connectivity index (χ1) is 35.0. The molecule has 6 nitrogen and oxygen atoms in total. The lowest BCUT2D eigenvalue weighted by molar-refractivity contribution is -0.166. The summed E-state index contributed by atoms with van der Waals surface area (Å²) in [6.07, 6.45) is 80.6. The second-order valence-corrected chi connectivity index (χ2v) is 18.8. The van der Waals surface area contributed by atoms with Gasteiger partial charge in [-0.15, -0.1) is 0 Å². The van der Waals surface area contributed by atoms with E-state index in [2.05, 4.69) is 130 Å². The molecule has 6 heteroatoms. The van der Waals surface area contributed by atoms with Crippen LogP contribution in [0.2, 0.25) is 0 Å². The highest BCUT2D eigenvalue weighted by Crippen LogP contribution is 2.14. The molecular formula is C65H106O6. The number of esters is 3. The normalized spacial score (nSPS) is 13.0. The number of rotatable bonds is 51. The van der Waals surface area contributed by atoms with E-state index in [9.17, 15) is 14.4 Å². The highest BCUT2D eigenvalue weighted by atomic mass is 16.6. The smallest absolute Gasteiger partial charge is 0.306 e. The molecule has 0 saturated carbocycles. The molecule has 0 aliphatic heterocycles. The molecule has 0 rings (SSSR count). The maximum absolute atomic E-state index is 12.8. The van der Waals surface area contributed by atoms with Crippen LogP contribution in [0.15, 0.2) is 122 Å². The van der Waals surface area contributed by atoms with Crippen molar-refractivity contribution in [3.8, 4) is 0 Å². The van der Waals surface area contributed by atoms with Gasteiger partial charge in [0, 0.05) is 19.3 Å². The Morgan fingerprint density at radius 1 is 0.296 bits per heavy atom. The van der Waals surface area contributed by atoms with Crippen molar-refractivity contribution in [2.24, 2.45) is 0 Å². The molecule has 402 valence electrons. The number of carbonyl (C=O) groups excluding carboxylic acids is 3. The Morgan fingerprint density at radius 3 is 0.972 bits per heavy atom. The van der Waals surface area contributed by atoms with Crippen molar-refractivity contribution in [2.75, 3.05) is 13.2 Å². The van der Waals surface area contributed by atoms with Crippen LogP contribution in [0, 0.1) is 0 Å². The summed E-state index contributed by atoms with van der Waals surface area (Å²) < 4.78 is 16.8. The third-order valence-corrected chi connectivity index (χ3v) is 11.9. The van der Waals surface area contributed by atoms with Crippen LogP contribution < -0.4 is 0 Å². The summed E-state index contributed by atoms with van der Waals surface area (Å²) in [5, 5.41) is 0. The maximum atomic E-state index is 12.8. The summed E-state index contributed by atoms with van der Waals surface area (Å²) in [5.41, 5.74) is 0. The zero-order chi connectivity index (χ0) is 51.4. The van der Waals surface area contributed by atoms with E-state index in [0.29, 0.717) is 19.3 Å². The van der Waals surface area contributed by atoms with Crippen LogP contribution >= 0.6 is 0 Å². The molecule has 0 fully saturated rings. The van der Waals surface area contributed by atoms with Crippen LogP contribution in [-0.4, -0.2) is 37.2 Å². The number of unbranched alkanes of at least 4 members (excludes halogenated alkanes) is 20. The van der Waals surface area contributed by atoms with Crippen LogP contribution in [0.25, 0.3) is 0 Å². The fourth-order valence-electron chi connectivity index (χ4n) is 7.57. The first-order valence-corrected chi connectivity index (χ1v) is 29.0. The fourth-order valence-corrected chi connectivity index (χ4v) is 7.57. The SMILES string of the molecule is CC/C=C\C/C=C\C/C=C\C/C=C\C/C=C\C/C=C\CCC(=O)OC(COC(=O)CCCCCCC/C=C\CCCC)COC(=O)CCCCCCCCCC/C=C\C/C=C\C/C=C\CCCCCCC. The number of allylic oxidation sites excluding steroid dienone is 20. The van der Waals surface area contributed by atoms with Gasteiger partial charge in [0.05, 0.1) is 0 Å². The highest BCUT2D eigenvalue weighted by molar-refractivity contribution is 5.71. The summed E-state index contributed by atoms with van der Waals surface area (Å²) in [4.78, 5) is 38.1. The average Bonchev–Trinajstić information content (AvgIpc) is 3.37. The van der Waals surface area contributed by atoms with Gasteiger partial charge in [-0.05, 0) is 116 Å². The Hall–Kier alpha value is -4.19. The molecule has 0 aromatic carbocycles.